The lowest BCUT2D eigenvalue weighted by Gasteiger charge is -2.26. The van der Waals surface area contributed by atoms with E-state index in [0.717, 1.165) is 31.5 Å². The molecule has 0 aliphatic carbocycles. The van der Waals surface area contributed by atoms with Crippen LogP contribution >= 0.6 is 0 Å². The van der Waals surface area contributed by atoms with Crippen molar-refractivity contribution < 1.29 is 4.79 Å². The van der Waals surface area contributed by atoms with E-state index in [0.29, 0.717) is 12.3 Å². The first-order chi connectivity index (χ1) is 13.9. The quantitative estimate of drug-likeness (QED) is 0.426. The van der Waals surface area contributed by atoms with Crippen LogP contribution in [-0.4, -0.2) is 12.5 Å². The molecule has 1 aliphatic rings. The van der Waals surface area contributed by atoms with E-state index in [2.05, 4.69) is 75.1 Å². The van der Waals surface area contributed by atoms with E-state index in [1.165, 1.54) is 47.9 Å². The minimum atomic E-state index is 0.0154. The molecule has 2 heteroatoms. The molecule has 0 radical (unpaired) electrons. The van der Waals surface area contributed by atoms with Crippen LogP contribution in [0.25, 0.3) is 0 Å². The highest BCUT2D eigenvalue weighted by Crippen LogP contribution is 2.44. The summed E-state index contributed by atoms with van der Waals surface area (Å²) < 4.78 is 0. The number of unbranched alkanes of at least 4 members (excludes halogenated alkanes) is 4. The van der Waals surface area contributed by atoms with Crippen molar-refractivity contribution in [1.29, 1.82) is 0 Å². The molecule has 29 heavy (non-hydrogen) atoms. The molecule has 1 unspecified atom stereocenters. The van der Waals surface area contributed by atoms with Crippen LogP contribution in [0.3, 0.4) is 0 Å². The molecule has 156 valence electrons. The summed E-state index contributed by atoms with van der Waals surface area (Å²) in [5, 5.41) is 0. The monoisotopic (exact) mass is 391 g/mol. The van der Waals surface area contributed by atoms with Gasteiger partial charge >= 0.3 is 0 Å². The van der Waals surface area contributed by atoms with E-state index in [1.807, 2.05) is 0 Å². The van der Waals surface area contributed by atoms with Crippen LogP contribution in [0.1, 0.15) is 81.0 Å². The van der Waals surface area contributed by atoms with Crippen molar-refractivity contribution in [3.05, 3.63) is 64.7 Å². The van der Waals surface area contributed by atoms with Gasteiger partial charge in [-0.2, -0.15) is 0 Å². The first kappa shape index (κ1) is 21.6. The molecule has 2 aromatic rings. The number of nitrogens with zero attached hydrogens (tertiary/aromatic N) is 1. The highest BCUT2D eigenvalue weighted by Gasteiger charge is 2.40. The highest BCUT2D eigenvalue weighted by molar-refractivity contribution is 5.96. The number of carbonyl (C=O) groups is 1. The van der Waals surface area contributed by atoms with Gasteiger partial charge in [0.25, 0.3) is 0 Å². The molecule has 2 nitrogen and oxygen atoms in total. The van der Waals surface area contributed by atoms with Gasteiger partial charge in [-0.3, -0.25) is 4.79 Å². The number of hydrogen-bond donors (Lipinski definition) is 0. The Morgan fingerprint density at radius 3 is 2.55 bits per heavy atom. The number of amides is 1. The van der Waals surface area contributed by atoms with E-state index >= 15 is 0 Å². The third-order valence-electron chi connectivity index (χ3n) is 6.60. The molecule has 2 aromatic carbocycles. The molecule has 3 rings (SSSR count). The Bertz CT molecular complexity index is 840. The van der Waals surface area contributed by atoms with Crippen molar-refractivity contribution in [3.8, 4) is 0 Å². The molecular weight excluding hydrogens is 354 g/mol. The summed E-state index contributed by atoms with van der Waals surface area (Å²) >= 11 is 0. The van der Waals surface area contributed by atoms with Gasteiger partial charge < -0.3 is 4.90 Å². The van der Waals surface area contributed by atoms with Crippen LogP contribution < -0.4 is 4.90 Å². The second-order valence-corrected chi connectivity index (χ2v) is 9.15. The van der Waals surface area contributed by atoms with Crippen LogP contribution in [0.4, 0.5) is 5.69 Å². The summed E-state index contributed by atoms with van der Waals surface area (Å²) in [5.41, 5.74) is 6.57. The summed E-state index contributed by atoms with van der Waals surface area (Å²) in [5.74, 6) is 0.297. The lowest BCUT2D eigenvalue weighted by molar-refractivity contribution is -0.118. The maximum absolute atomic E-state index is 13.1. The summed E-state index contributed by atoms with van der Waals surface area (Å²) in [6, 6.07) is 15.3. The molecule has 0 spiro atoms. The normalized spacial score (nSPS) is 18.1. The number of aryl methyl sites for hydroxylation is 3. The molecule has 0 aromatic heterocycles. The molecule has 0 bridgehead atoms. The molecule has 0 saturated carbocycles. The third-order valence-corrected chi connectivity index (χ3v) is 6.60. The van der Waals surface area contributed by atoms with Gasteiger partial charge in [0.15, 0.2) is 0 Å². The number of anilines is 1. The van der Waals surface area contributed by atoms with Gasteiger partial charge in [-0.1, -0.05) is 81.5 Å². The predicted octanol–water partition coefficient (Wildman–Crippen LogP) is 6.90. The maximum Gasteiger partial charge on any atom is 0.227 e. The fraction of sp³-hybridized carbons (Fsp3) is 0.519. The van der Waals surface area contributed by atoms with Crippen molar-refractivity contribution >= 4 is 11.6 Å². The Balaban J connectivity index is 1.73. The van der Waals surface area contributed by atoms with E-state index in [-0.39, 0.29) is 5.41 Å². The summed E-state index contributed by atoms with van der Waals surface area (Å²) in [6.45, 7) is 9.73. The van der Waals surface area contributed by atoms with Crippen LogP contribution in [0.2, 0.25) is 0 Å². The summed E-state index contributed by atoms with van der Waals surface area (Å²) in [6.07, 6.45) is 8.72. The average Bonchev–Trinajstić information content (AvgIpc) is 3.00. The van der Waals surface area contributed by atoms with Crippen molar-refractivity contribution in [2.45, 2.75) is 84.5 Å². The lowest BCUT2D eigenvalue weighted by atomic mass is 9.78. The van der Waals surface area contributed by atoms with Crippen LogP contribution in [0.5, 0.6) is 0 Å². The minimum Gasteiger partial charge on any atom is -0.311 e. The lowest BCUT2D eigenvalue weighted by Crippen LogP contribution is -2.35. The van der Waals surface area contributed by atoms with Gasteiger partial charge in [-0.05, 0) is 55.9 Å². The summed E-state index contributed by atoms with van der Waals surface area (Å²) in [4.78, 5) is 15.1. The number of rotatable bonds is 9. The second kappa shape index (κ2) is 9.61. The van der Waals surface area contributed by atoms with Crippen molar-refractivity contribution in [1.82, 2.24) is 0 Å². The van der Waals surface area contributed by atoms with Crippen molar-refractivity contribution in [2.24, 2.45) is 0 Å². The highest BCUT2D eigenvalue weighted by atomic mass is 16.2. The standard InChI is InChI=1S/C27H37NO/c1-5-6-7-8-9-14-26(29)28-20-27(4,24-19-21(2)15-16-25(24)28)18-17-23-13-11-10-12-22(23)3/h10-13,15-16,19H,5-9,14,17-18,20H2,1-4H3. The third kappa shape index (κ3) is 5.10. The first-order valence-electron chi connectivity index (χ1n) is 11.4. The van der Waals surface area contributed by atoms with Gasteiger partial charge in [0.05, 0.1) is 0 Å². The van der Waals surface area contributed by atoms with Gasteiger partial charge in [-0.15, -0.1) is 0 Å². The average molecular weight is 392 g/mol. The van der Waals surface area contributed by atoms with E-state index in [4.69, 9.17) is 0 Å². The predicted molar refractivity (Wildman–Crippen MR) is 124 cm³/mol. The zero-order chi connectivity index (χ0) is 20.9. The van der Waals surface area contributed by atoms with E-state index in [1.54, 1.807) is 0 Å². The molecule has 0 fully saturated rings. The van der Waals surface area contributed by atoms with Gasteiger partial charge in [0.1, 0.15) is 0 Å². The molecule has 1 amide bonds. The van der Waals surface area contributed by atoms with Gasteiger partial charge in [0, 0.05) is 24.1 Å². The zero-order valence-corrected chi connectivity index (χ0v) is 18.8. The fourth-order valence-corrected chi connectivity index (χ4v) is 4.64. The van der Waals surface area contributed by atoms with E-state index in [9.17, 15) is 4.79 Å². The van der Waals surface area contributed by atoms with E-state index < -0.39 is 0 Å². The van der Waals surface area contributed by atoms with Crippen LogP contribution in [-0.2, 0) is 16.6 Å². The van der Waals surface area contributed by atoms with Gasteiger partial charge in [-0.25, -0.2) is 0 Å². The molecular formula is C27H37NO. The maximum atomic E-state index is 13.1. The Hall–Kier alpha value is -2.09. The fourth-order valence-electron chi connectivity index (χ4n) is 4.64. The molecule has 1 heterocycles. The second-order valence-electron chi connectivity index (χ2n) is 9.15. The summed E-state index contributed by atoms with van der Waals surface area (Å²) in [7, 11) is 0. The number of hydrogen-bond acceptors (Lipinski definition) is 1. The molecule has 0 saturated heterocycles. The molecule has 1 aliphatic heterocycles. The molecule has 0 N–H and O–H groups in total. The smallest absolute Gasteiger partial charge is 0.227 e. The number of fused-ring (bicyclic) bond motifs is 1. The van der Waals surface area contributed by atoms with Crippen LogP contribution in [0, 0.1) is 13.8 Å². The molecule has 1 atom stereocenters. The van der Waals surface area contributed by atoms with Gasteiger partial charge in [0.2, 0.25) is 5.91 Å². The number of benzene rings is 2. The van der Waals surface area contributed by atoms with Crippen molar-refractivity contribution in [3.63, 3.8) is 0 Å². The Labute approximate surface area is 177 Å². The first-order valence-corrected chi connectivity index (χ1v) is 11.4. The Morgan fingerprint density at radius 2 is 1.79 bits per heavy atom. The topological polar surface area (TPSA) is 20.3 Å². The largest absolute Gasteiger partial charge is 0.311 e. The van der Waals surface area contributed by atoms with Crippen LogP contribution in [0.15, 0.2) is 42.5 Å². The minimum absolute atomic E-state index is 0.0154. The zero-order valence-electron chi connectivity index (χ0n) is 18.8. The Kier molecular flexibility index (Phi) is 7.16. The van der Waals surface area contributed by atoms with Crippen molar-refractivity contribution in [2.75, 3.05) is 11.4 Å². The SMILES string of the molecule is CCCCCCCC(=O)N1CC(C)(CCc2ccccc2C)c2cc(C)ccc21. The number of carbonyl (C=O) groups excluding carboxylic acids is 1. The Morgan fingerprint density at radius 1 is 1.03 bits per heavy atom.